The van der Waals surface area contributed by atoms with Gasteiger partial charge in [0, 0.05) is 20.2 Å². The second-order valence-electron chi connectivity index (χ2n) is 4.70. The Morgan fingerprint density at radius 3 is 2.75 bits per heavy atom. The molecule has 0 radical (unpaired) electrons. The zero-order valence-electron chi connectivity index (χ0n) is 9.57. The molecule has 2 N–H and O–H groups in total. The molecule has 0 bridgehead atoms. The molecule has 1 heterocycles. The van der Waals surface area contributed by atoms with E-state index in [9.17, 15) is 4.79 Å². The number of ether oxygens (including phenoxy) is 1. The molecule has 1 aliphatic carbocycles. The summed E-state index contributed by atoms with van der Waals surface area (Å²) < 4.78 is 5.31. The largest absolute Gasteiger partial charge is 0.392 e. The number of piperidine rings is 1. The fourth-order valence-electron chi connectivity index (χ4n) is 2.31. The number of methoxy groups -OCH3 is 1. The van der Waals surface area contributed by atoms with Crippen molar-refractivity contribution in [2.75, 3.05) is 20.2 Å². The first-order valence-corrected chi connectivity index (χ1v) is 6.13. The molecule has 1 saturated carbocycles. The van der Waals surface area contributed by atoms with Gasteiger partial charge in [0.05, 0.1) is 16.5 Å². The Labute approximate surface area is 101 Å². The molecule has 0 aromatic carbocycles. The summed E-state index contributed by atoms with van der Waals surface area (Å²) in [5, 5.41) is 0. The number of amides is 1. The van der Waals surface area contributed by atoms with Gasteiger partial charge >= 0.3 is 0 Å². The number of likely N-dealkylation sites (tertiary alicyclic amines) is 1. The fraction of sp³-hybridized carbons (Fsp3) is 0.818. The molecule has 16 heavy (non-hydrogen) atoms. The van der Waals surface area contributed by atoms with E-state index >= 15 is 0 Å². The van der Waals surface area contributed by atoms with Crippen molar-refractivity contribution in [3.05, 3.63) is 0 Å². The Morgan fingerprint density at radius 1 is 1.56 bits per heavy atom. The van der Waals surface area contributed by atoms with E-state index in [1.807, 2.05) is 4.90 Å². The lowest BCUT2D eigenvalue weighted by atomic mass is 10.0. The first-order chi connectivity index (χ1) is 7.60. The minimum atomic E-state index is -0.509. The molecular weight excluding hydrogens is 224 g/mol. The van der Waals surface area contributed by atoms with E-state index in [-0.39, 0.29) is 12.0 Å². The van der Waals surface area contributed by atoms with E-state index in [1.54, 1.807) is 7.11 Å². The lowest BCUT2D eigenvalue weighted by Gasteiger charge is -2.34. The Balaban J connectivity index is 2.02. The third kappa shape index (κ3) is 1.94. The van der Waals surface area contributed by atoms with Crippen molar-refractivity contribution in [3.63, 3.8) is 0 Å². The second kappa shape index (κ2) is 4.30. The predicted octanol–water partition coefficient (Wildman–Crippen LogP) is 0.690. The van der Waals surface area contributed by atoms with Gasteiger partial charge in [-0.05, 0) is 25.7 Å². The van der Waals surface area contributed by atoms with Crippen molar-refractivity contribution in [3.8, 4) is 0 Å². The van der Waals surface area contributed by atoms with Gasteiger partial charge in [0.15, 0.2) is 0 Å². The van der Waals surface area contributed by atoms with Crippen LogP contribution >= 0.6 is 12.2 Å². The molecular formula is C11H18N2O2S. The van der Waals surface area contributed by atoms with E-state index in [0.717, 1.165) is 32.2 Å². The van der Waals surface area contributed by atoms with Gasteiger partial charge < -0.3 is 15.4 Å². The Kier molecular flexibility index (Phi) is 3.17. The van der Waals surface area contributed by atoms with Gasteiger partial charge in [0.25, 0.3) is 0 Å². The van der Waals surface area contributed by atoms with Crippen LogP contribution in [0, 0.1) is 5.41 Å². The Bertz CT molecular complexity index is 315. The molecule has 0 aromatic heterocycles. The molecule has 1 amide bonds. The van der Waals surface area contributed by atoms with Crippen LogP contribution in [0.2, 0.25) is 0 Å². The monoisotopic (exact) mass is 242 g/mol. The highest BCUT2D eigenvalue weighted by Gasteiger charge is 2.54. The van der Waals surface area contributed by atoms with E-state index in [4.69, 9.17) is 22.7 Å². The summed E-state index contributed by atoms with van der Waals surface area (Å²) in [5.74, 6) is 0.113. The number of hydrogen-bond acceptors (Lipinski definition) is 3. The first kappa shape index (κ1) is 11.8. The van der Waals surface area contributed by atoms with Gasteiger partial charge in [-0.1, -0.05) is 12.2 Å². The van der Waals surface area contributed by atoms with E-state index < -0.39 is 5.41 Å². The summed E-state index contributed by atoms with van der Waals surface area (Å²) in [6.45, 7) is 1.49. The molecule has 1 aliphatic heterocycles. The molecule has 1 atom stereocenters. The molecule has 0 aromatic rings. The predicted molar refractivity (Wildman–Crippen MR) is 65.1 cm³/mol. The lowest BCUT2D eigenvalue weighted by Crippen LogP contribution is -2.48. The maximum absolute atomic E-state index is 12.3. The molecule has 0 spiro atoms. The fourth-order valence-corrected chi connectivity index (χ4v) is 2.60. The van der Waals surface area contributed by atoms with Crippen LogP contribution in [0.1, 0.15) is 25.7 Å². The van der Waals surface area contributed by atoms with Crippen molar-refractivity contribution in [2.24, 2.45) is 11.1 Å². The van der Waals surface area contributed by atoms with Crippen LogP contribution in [0.15, 0.2) is 0 Å². The van der Waals surface area contributed by atoms with Crippen molar-refractivity contribution in [2.45, 2.75) is 31.8 Å². The van der Waals surface area contributed by atoms with Gasteiger partial charge in [-0.25, -0.2) is 0 Å². The zero-order chi connectivity index (χ0) is 11.8. The smallest absolute Gasteiger partial charge is 0.235 e. The number of nitrogens with two attached hydrogens (primary N) is 1. The van der Waals surface area contributed by atoms with Crippen LogP contribution in [-0.2, 0) is 9.53 Å². The molecule has 1 unspecified atom stereocenters. The lowest BCUT2D eigenvalue weighted by molar-refractivity contribution is -0.138. The summed E-state index contributed by atoms with van der Waals surface area (Å²) in [6.07, 6.45) is 3.82. The molecule has 90 valence electrons. The highest BCUT2D eigenvalue weighted by molar-refractivity contribution is 7.80. The summed E-state index contributed by atoms with van der Waals surface area (Å²) >= 11 is 5.00. The summed E-state index contributed by atoms with van der Waals surface area (Å²) in [4.78, 5) is 14.5. The van der Waals surface area contributed by atoms with E-state index in [2.05, 4.69) is 0 Å². The van der Waals surface area contributed by atoms with Crippen LogP contribution in [0.25, 0.3) is 0 Å². The van der Waals surface area contributed by atoms with Crippen molar-refractivity contribution in [1.29, 1.82) is 0 Å². The van der Waals surface area contributed by atoms with Gasteiger partial charge in [-0.15, -0.1) is 0 Å². The Morgan fingerprint density at radius 2 is 2.25 bits per heavy atom. The van der Waals surface area contributed by atoms with Crippen LogP contribution < -0.4 is 5.73 Å². The molecule has 2 fully saturated rings. The molecule has 4 nitrogen and oxygen atoms in total. The number of hydrogen-bond donors (Lipinski definition) is 1. The van der Waals surface area contributed by atoms with E-state index in [1.165, 1.54) is 0 Å². The minimum Gasteiger partial charge on any atom is -0.392 e. The number of nitrogens with zero attached hydrogens (tertiary/aromatic N) is 1. The van der Waals surface area contributed by atoms with Gasteiger partial charge in [-0.2, -0.15) is 0 Å². The maximum atomic E-state index is 12.3. The van der Waals surface area contributed by atoms with E-state index in [0.29, 0.717) is 11.5 Å². The van der Waals surface area contributed by atoms with Crippen molar-refractivity contribution in [1.82, 2.24) is 4.90 Å². The SMILES string of the molecule is COC1CCCN(C(=O)C2(C(N)=S)CC2)C1. The third-order valence-corrected chi connectivity index (χ3v) is 4.02. The normalized spacial score (nSPS) is 27.6. The van der Waals surface area contributed by atoms with Crippen LogP contribution in [0.5, 0.6) is 0 Å². The molecule has 1 saturated heterocycles. The quantitative estimate of drug-likeness (QED) is 0.740. The van der Waals surface area contributed by atoms with Gasteiger partial charge in [-0.3, -0.25) is 4.79 Å². The standard InChI is InChI=1S/C11H18N2O2S/c1-15-8-3-2-6-13(7-8)10(14)11(4-5-11)9(12)16/h8H,2-7H2,1H3,(H2,12,16). The summed E-state index contributed by atoms with van der Waals surface area (Å²) in [5.41, 5.74) is 5.15. The zero-order valence-corrected chi connectivity index (χ0v) is 10.4. The second-order valence-corrected chi connectivity index (χ2v) is 5.14. The molecule has 5 heteroatoms. The molecule has 2 rings (SSSR count). The Hall–Kier alpha value is -0.680. The topological polar surface area (TPSA) is 55.6 Å². The first-order valence-electron chi connectivity index (χ1n) is 5.72. The van der Waals surface area contributed by atoms with Crippen LogP contribution in [0.4, 0.5) is 0 Å². The average Bonchev–Trinajstić information content (AvgIpc) is 3.09. The molecule has 2 aliphatic rings. The van der Waals surface area contributed by atoms with Crippen LogP contribution in [-0.4, -0.2) is 42.1 Å². The van der Waals surface area contributed by atoms with Gasteiger partial charge in [0.1, 0.15) is 0 Å². The van der Waals surface area contributed by atoms with Crippen molar-refractivity contribution >= 4 is 23.1 Å². The average molecular weight is 242 g/mol. The number of thiocarbonyl (C=S) groups is 1. The third-order valence-electron chi connectivity index (χ3n) is 3.63. The number of carbonyl (C=O) groups excluding carboxylic acids is 1. The summed E-state index contributed by atoms with van der Waals surface area (Å²) in [7, 11) is 1.69. The van der Waals surface area contributed by atoms with Crippen molar-refractivity contribution < 1.29 is 9.53 Å². The number of rotatable bonds is 3. The number of carbonyl (C=O) groups is 1. The van der Waals surface area contributed by atoms with Gasteiger partial charge in [0.2, 0.25) is 5.91 Å². The highest BCUT2D eigenvalue weighted by atomic mass is 32.1. The summed E-state index contributed by atoms with van der Waals surface area (Å²) in [6, 6.07) is 0. The maximum Gasteiger partial charge on any atom is 0.235 e. The highest BCUT2D eigenvalue weighted by Crippen LogP contribution is 2.47. The van der Waals surface area contributed by atoms with Crippen LogP contribution in [0.3, 0.4) is 0 Å². The minimum absolute atomic E-state index is 0.113.